The molecule has 0 amide bonds. The zero-order valence-electron chi connectivity index (χ0n) is 10.5. The highest BCUT2D eigenvalue weighted by molar-refractivity contribution is 7.71. The number of para-hydroxylation sites is 1. The molecule has 0 atom stereocenters. The van der Waals surface area contributed by atoms with Gasteiger partial charge in [0.05, 0.1) is 28.9 Å². The lowest BCUT2D eigenvalue weighted by Gasteiger charge is -2.10. The first kappa shape index (κ1) is 13.5. The average Bonchev–Trinajstić information content (AvgIpc) is 2.76. The smallest absolute Gasteiger partial charge is 0.182 e. The molecule has 1 N–H and O–H groups in total. The molecule has 3 nitrogen and oxygen atoms in total. The fourth-order valence-corrected chi connectivity index (χ4v) is 2.85. The van der Waals surface area contributed by atoms with Gasteiger partial charge in [-0.1, -0.05) is 29.3 Å². The van der Waals surface area contributed by atoms with Crippen LogP contribution in [0, 0.1) is 4.77 Å². The van der Waals surface area contributed by atoms with E-state index in [9.17, 15) is 0 Å². The fraction of sp³-hybridized carbons (Fsp3) is 0.0714. The van der Waals surface area contributed by atoms with Crippen molar-refractivity contribution >= 4 is 46.5 Å². The van der Waals surface area contributed by atoms with E-state index in [-0.39, 0.29) is 0 Å². The van der Waals surface area contributed by atoms with Gasteiger partial charge >= 0.3 is 0 Å². The van der Waals surface area contributed by atoms with Crippen molar-refractivity contribution in [3.05, 3.63) is 51.2 Å². The van der Waals surface area contributed by atoms with Crippen molar-refractivity contribution in [1.29, 1.82) is 0 Å². The molecule has 3 aromatic rings. The Hall–Kier alpha value is -1.49. The number of rotatable bonds is 2. The van der Waals surface area contributed by atoms with E-state index in [4.69, 9.17) is 40.2 Å². The summed E-state index contributed by atoms with van der Waals surface area (Å²) in [6, 6.07) is 11.0. The monoisotopic (exact) mass is 324 g/mol. The molecule has 102 valence electrons. The maximum absolute atomic E-state index is 6.19. The number of hydrogen-bond acceptors (Lipinski definition) is 2. The molecule has 0 spiro atoms. The molecule has 0 fully saturated rings. The number of nitrogens with zero attached hydrogens (tertiary/aromatic N) is 1. The summed E-state index contributed by atoms with van der Waals surface area (Å²) in [6.07, 6.45) is 0. The first-order chi connectivity index (χ1) is 9.61. The predicted molar refractivity (Wildman–Crippen MR) is 85.0 cm³/mol. The molecule has 0 radical (unpaired) electrons. The zero-order chi connectivity index (χ0) is 14.3. The van der Waals surface area contributed by atoms with Crippen LogP contribution in [0.5, 0.6) is 5.75 Å². The molecule has 0 unspecified atom stereocenters. The molecule has 6 heteroatoms. The van der Waals surface area contributed by atoms with Crippen molar-refractivity contribution in [1.82, 2.24) is 9.55 Å². The van der Waals surface area contributed by atoms with Crippen molar-refractivity contribution in [3.8, 4) is 11.4 Å². The SMILES string of the molecule is COc1ccc(Cl)cc1-n1c(=S)[nH]c2c(Cl)cccc21. The van der Waals surface area contributed by atoms with E-state index in [2.05, 4.69) is 4.98 Å². The van der Waals surface area contributed by atoms with Crippen LogP contribution in [-0.4, -0.2) is 16.7 Å². The van der Waals surface area contributed by atoms with E-state index < -0.39 is 0 Å². The van der Waals surface area contributed by atoms with E-state index in [1.54, 1.807) is 13.2 Å². The Kier molecular flexibility index (Phi) is 3.46. The highest BCUT2D eigenvalue weighted by Gasteiger charge is 2.13. The molecule has 0 saturated carbocycles. The molecule has 0 bridgehead atoms. The number of nitrogens with one attached hydrogen (secondary N) is 1. The highest BCUT2D eigenvalue weighted by Crippen LogP contribution is 2.31. The quantitative estimate of drug-likeness (QED) is 0.672. The molecule has 0 aliphatic heterocycles. The lowest BCUT2D eigenvalue weighted by molar-refractivity contribution is 0.413. The second kappa shape index (κ2) is 5.13. The largest absolute Gasteiger partial charge is 0.495 e. The van der Waals surface area contributed by atoms with E-state index in [1.807, 2.05) is 34.9 Å². The third-order valence-electron chi connectivity index (χ3n) is 3.05. The second-order valence-corrected chi connectivity index (χ2v) is 5.45. The number of methoxy groups -OCH3 is 1. The van der Waals surface area contributed by atoms with E-state index in [1.165, 1.54) is 0 Å². The zero-order valence-corrected chi connectivity index (χ0v) is 12.8. The number of hydrogen-bond donors (Lipinski definition) is 1. The normalized spacial score (nSPS) is 10.9. The van der Waals surface area contributed by atoms with E-state index in [0.29, 0.717) is 20.6 Å². The Morgan fingerprint density at radius 3 is 2.75 bits per heavy atom. The second-order valence-electron chi connectivity index (χ2n) is 4.22. The summed E-state index contributed by atoms with van der Waals surface area (Å²) in [5, 5.41) is 1.23. The summed E-state index contributed by atoms with van der Waals surface area (Å²) in [6.45, 7) is 0. The van der Waals surface area contributed by atoms with Gasteiger partial charge in [0.25, 0.3) is 0 Å². The van der Waals surface area contributed by atoms with Gasteiger partial charge in [-0.3, -0.25) is 4.57 Å². The first-order valence-electron chi connectivity index (χ1n) is 5.85. The van der Waals surface area contributed by atoms with Gasteiger partial charge < -0.3 is 9.72 Å². The van der Waals surface area contributed by atoms with Crippen LogP contribution in [0.4, 0.5) is 0 Å². The van der Waals surface area contributed by atoms with Crippen molar-refractivity contribution in [3.63, 3.8) is 0 Å². The van der Waals surface area contributed by atoms with Gasteiger partial charge in [-0.25, -0.2) is 0 Å². The number of benzene rings is 2. The van der Waals surface area contributed by atoms with Gasteiger partial charge in [-0.15, -0.1) is 0 Å². The van der Waals surface area contributed by atoms with Crippen molar-refractivity contribution in [2.75, 3.05) is 7.11 Å². The minimum Gasteiger partial charge on any atom is -0.495 e. The molecular weight excluding hydrogens is 315 g/mol. The molecule has 20 heavy (non-hydrogen) atoms. The minimum atomic E-state index is 0.536. The van der Waals surface area contributed by atoms with Crippen LogP contribution in [0.2, 0.25) is 10.0 Å². The molecule has 3 rings (SSSR count). The fourth-order valence-electron chi connectivity index (χ4n) is 2.17. The topological polar surface area (TPSA) is 29.9 Å². The highest BCUT2D eigenvalue weighted by atomic mass is 35.5. The average molecular weight is 325 g/mol. The lowest BCUT2D eigenvalue weighted by Crippen LogP contribution is -1.98. The van der Waals surface area contributed by atoms with Crippen LogP contribution in [0.1, 0.15) is 0 Å². The standard InChI is InChI=1S/C14H10Cl2N2OS/c1-19-12-6-5-8(15)7-11(12)18-10-4-2-3-9(16)13(10)17-14(18)20/h2-7H,1H3,(H,17,20). The molecule has 0 aliphatic rings. The summed E-state index contributed by atoms with van der Waals surface area (Å²) in [7, 11) is 1.61. The van der Waals surface area contributed by atoms with Gasteiger partial charge in [0.1, 0.15) is 5.75 Å². The molecule has 1 aromatic heterocycles. The van der Waals surface area contributed by atoms with Crippen LogP contribution in [0.3, 0.4) is 0 Å². The van der Waals surface area contributed by atoms with Crippen LogP contribution in [0.25, 0.3) is 16.7 Å². The molecule has 0 aliphatic carbocycles. The van der Waals surface area contributed by atoms with E-state index in [0.717, 1.165) is 16.7 Å². The van der Waals surface area contributed by atoms with Gasteiger partial charge in [0.15, 0.2) is 4.77 Å². The molecule has 2 aromatic carbocycles. The molecule has 0 saturated heterocycles. The summed E-state index contributed by atoms with van der Waals surface area (Å²) < 4.78 is 7.78. The summed E-state index contributed by atoms with van der Waals surface area (Å²) in [5.74, 6) is 0.686. The van der Waals surface area contributed by atoms with Crippen molar-refractivity contribution < 1.29 is 4.74 Å². The number of aromatic amines is 1. The van der Waals surface area contributed by atoms with Crippen molar-refractivity contribution in [2.24, 2.45) is 0 Å². The Morgan fingerprint density at radius 2 is 2.00 bits per heavy atom. The Bertz CT molecular complexity index is 854. The minimum absolute atomic E-state index is 0.536. The number of ether oxygens (including phenoxy) is 1. The van der Waals surface area contributed by atoms with Crippen LogP contribution < -0.4 is 4.74 Å². The van der Waals surface area contributed by atoms with Crippen molar-refractivity contribution in [2.45, 2.75) is 0 Å². The number of imidazole rings is 1. The van der Waals surface area contributed by atoms with Gasteiger partial charge in [0.2, 0.25) is 0 Å². The van der Waals surface area contributed by atoms with Crippen LogP contribution in [0.15, 0.2) is 36.4 Å². The number of fused-ring (bicyclic) bond motifs is 1. The first-order valence-corrected chi connectivity index (χ1v) is 7.01. The van der Waals surface area contributed by atoms with Gasteiger partial charge in [0, 0.05) is 5.02 Å². The maximum Gasteiger partial charge on any atom is 0.182 e. The number of H-pyrrole nitrogens is 1. The molecular formula is C14H10Cl2N2OS. The van der Waals surface area contributed by atoms with Crippen LogP contribution in [-0.2, 0) is 0 Å². The number of halogens is 2. The van der Waals surface area contributed by atoms with E-state index >= 15 is 0 Å². The summed E-state index contributed by atoms with van der Waals surface area (Å²) in [4.78, 5) is 3.11. The predicted octanol–water partition coefficient (Wildman–Crippen LogP) is 5.00. The van der Waals surface area contributed by atoms with Gasteiger partial charge in [-0.05, 0) is 42.5 Å². The Balaban J connectivity index is 2.41. The lowest BCUT2D eigenvalue weighted by atomic mass is 10.2. The summed E-state index contributed by atoms with van der Waals surface area (Å²) >= 11 is 17.7. The third-order valence-corrected chi connectivity index (χ3v) is 3.88. The Labute approximate surface area is 130 Å². The summed E-state index contributed by atoms with van der Waals surface area (Å²) in [5.41, 5.74) is 2.45. The molecule has 1 heterocycles. The Morgan fingerprint density at radius 1 is 1.20 bits per heavy atom. The maximum atomic E-state index is 6.19. The van der Waals surface area contributed by atoms with Crippen LogP contribution >= 0.6 is 35.4 Å². The third kappa shape index (κ3) is 2.10. The number of aromatic nitrogens is 2. The van der Waals surface area contributed by atoms with Gasteiger partial charge in [-0.2, -0.15) is 0 Å².